The summed E-state index contributed by atoms with van der Waals surface area (Å²) in [6.45, 7) is 0. The Bertz CT molecular complexity index is 1110. The molecule has 0 aliphatic carbocycles. The monoisotopic (exact) mass is 400 g/mol. The first-order valence-corrected chi connectivity index (χ1v) is 9.85. The highest BCUT2D eigenvalue weighted by Crippen LogP contribution is 2.34. The zero-order chi connectivity index (χ0) is 19.1. The number of hydrogen-bond acceptors (Lipinski definition) is 5. The standard InChI is InChI=1S/C16H11F3N2O3S2/c1-26(23,24)13-5-3-2-4-10(13)14(22)21-15-20-11-8-9(16(17,18)19)6-7-12(11)25-15/h2-8H,1H3,(H,20,21,22). The number of halogens is 3. The van der Waals surface area contributed by atoms with Crippen LogP contribution in [0.25, 0.3) is 10.2 Å². The highest BCUT2D eigenvalue weighted by molar-refractivity contribution is 7.90. The van der Waals surface area contributed by atoms with Crippen molar-refractivity contribution in [3.05, 3.63) is 53.6 Å². The summed E-state index contributed by atoms with van der Waals surface area (Å²) in [5, 5.41) is 2.52. The summed E-state index contributed by atoms with van der Waals surface area (Å²) in [5.41, 5.74) is -0.808. The molecule has 0 saturated carbocycles. The summed E-state index contributed by atoms with van der Waals surface area (Å²) >= 11 is 0.993. The number of nitrogens with one attached hydrogen (secondary N) is 1. The van der Waals surface area contributed by atoms with Gasteiger partial charge in [0.1, 0.15) is 0 Å². The molecule has 3 rings (SSSR count). The van der Waals surface area contributed by atoms with Crippen molar-refractivity contribution in [1.82, 2.24) is 4.98 Å². The second-order valence-corrected chi connectivity index (χ2v) is 8.44. The third-order valence-corrected chi connectivity index (χ3v) is 5.57. The molecule has 5 nitrogen and oxygen atoms in total. The second-order valence-electron chi connectivity index (χ2n) is 5.42. The number of benzene rings is 2. The molecule has 0 aliphatic rings. The molecular weight excluding hydrogens is 389 g/mol. The summed E-state index contributed by atoms with van der Waals surface area (Å²) in [4.78, 5) is 16.2. The molecule has 1 heterocycles. The van der Waals surface area contributed by atoms with Crippen LogP contribution < -0.4 is 5.32 Å². The molecule has 0 radical (unpaired) electrons. The minimum Gasteiger partial charge on any atom is -0.298 e. The van der Waals surface area contributed by atoms with Gasteiger partial charge in [-0.1, -0.05) is 23.5 Å². The topological polar surface area (TPSA) is 76.1 Å². The number of hydrogen-bond donors (Lipinski definition) is 1. The van der Waals surface area contributed by atoms with E-state index in [0.29, 0.717) is 4.70 Å². The zero-order valence-electron chi connectivity index (χ0n) is 13.2. The lowest BCUT2D eigenvalue weighted by atomic mass is 10.2. The smallest absolute Gasteiger partial charge is 0.298 e. The lowest BCUT2D eigenvalue weighted by Gasteiger charge is -2.06. The number of sulfone groups is 1. The largest absolute Gasteiger partial charge is 0.416 e. The average molecular weight is 400 g/mol. The quantitative estimate of drug-likeness (QED) is 0.722. The van der Waals surface area contributed by atoms with Crippen LogP contribution in [0.5, 0.6) is 0 Å². The van der Waals surface area contributed by atoms with Crippen LogP contribution in [0, 0.1) is 0 Å². The van der Waals surface area contributed by atoms with Crippen molar-refractivity contribution >= 4 is 42.4 Å². The van der Waals surface area contributed by atoms with Crippen molar-refractivity contribution < 1.29 is 26.4 Å². The Balaban J connectivity index is 1.94. The van der Waals surface area contributed by atoms with Crippen LogP contribution in [0.4, 0.5) is 18.3 Å². The molecule has 0 spiro atoms. The van der Waals surface area contributed by atoms with Crippen LogP contribution in [-0.2, 0) is 16.0 Å². The molecule has 2 aromatic carbocycles. The molecule has 1 amide bonds. The fraction of sp³-hybridized carbons (Fsp3) is 0.125. The van der Waals surface area contributed by atoms with Gasteiger partial charge in [-0.2, -0.15) is 13.2 Å². The van der Waals surface area contributed by atoms with Crippen LogP contribution >= 0.6 is 11.3 Å². The van der Waals surface area contributed by atoms with E-state index in [1.807, 2.05) is 0 Å². The number of fused-ring (bicyclic) bond motifs is 1. The number of thiazole rings is 1. The predicted octanol–water partition coefficient (Wildman–Crippen LogP) is 3.97. The summed E-state index contributed by atoms with van der Waals surface area (Å²) < 4.78 is 62.3. The molecule has 1 N–H and O–H groups in total. The first-order chi connectivity index (χ1) is 12.1. The third-order valence-electron chi connectivity index (χ3n) is 3.47. The van der Waals surface area contributed by atoms with E-state index in [1.165, 1.54) is 30.3 Å². The summed E-state index contributed by atoms with van der Waals surface area (Å²) in [5.74, 6) is -0.707. The van der Waals surface area contributed by atoms with E-state index in [9.17, 15) is 26.4 Å². The lowest BCUT2D eigenvalue weighted by molar-refractivity contribution is -0.137. The molecule has 0 atom stereocenters. The molecular formula is C16H11F3N2O3S2. The van der Waals surface area contributed by atoms with Crippen LogP contribution in [0.2, 0.25) is 0 Å². The Morgan fingerprint density at radius 3 is 2.50 bits per heavy atom. The van der Waals surface area contributed by atoms with Crippen molar-refractivity contribution in [2.24, 2.45) is 0 Å². The molecule has 3 aromatic rings. The minimum atomic E-state index is -4.49. The number of rotatable bonds is 3. The van der Waals surface area contributed by atoms with Crippen LogP contribution in [0.1, 0.15) is 15.9 Å². The molecule has 0 fully saturated rings. The molecule has 0 unspecified atom stereocenters. The number of anilines is 1. The molecule has 0 aliphatic heterocycles. The summed E-state index contributed by atoms with van der Waals surface area (Å²) in [6, 6.07) is 8.76. The fourth-order valence-electron chi connectivity index (χ4n) is 2.30. The van der Waals surface area contributed by atoms with Gasteiger partial charge in [0.25, 0.3) is 5.91 Å². The molecule has 10 heteroatoms. The second kappa shape index (κ2) is 6.36. The zero-order valence-corrected chi connectivity index (χ0v) is 14.8. The van der Waals surface area contributed by atoms with E-state index >= 15 is 0 Å². The SMILES string of the molecule is CS(=O)(=O)c1ccccc1C(=O)Nc1nc2cc(C(F)(F)F)ccc2s1. The number of amides is 1. The van der Waals surface area contributed by atoms with Gasteiger partial charge in [0, 0.05) is 6.26 Å². The Morgan fingerprint density at radius 1 is 1.15 bits per heavy atom. The first-order valence-electron chi connectivity index (χ1n) is 7.14. The first kappa shape index (κ1) is 18.3. The maximum atomic E-state index is 12.8. The highest BCUT2D eigenvalue weighted by Gasteiger charge is 2.31. The molecule has 0 bridgehead atoms. The molecule has 0 saturated heterocycles. The van der Waals surface area contributed by atoms with E-state index in [0.717, 1.165) is 29.7 Å². The van der Waals surface area contributed by atoms with Crippen molar-refractivity contribution in [2.45, 2.75) is 11.1 Å². The average Bonchev–Trinajstić information content (AvgIpc) is 2.94. The van der Waals surface area contributed by atoms with Gasteiger partial charge in [0.05, 0.1) is 26.2 Å². The number of carbonyl (C=O) groups excluding carboxylic acids is 1. The van der Waals surface area contributed by atoms with Crippen molar-refractivity contribution in [3.8, 4) is 0 Å². The van der Waals surface area contributed by atoms with Gasteiger partial charge in [-0.3, -0.25) is 10.1 Å². The predicted molar refractivity (Wildman–Crippen MR) is 92.1 cm³/mol. The van der Waals surface area contributed by atoms with Gasteiger partial charge in [-0.15, -0.1) is 0 Å². The highest BCUT2D eigenvalue weighted by atomic mass is 32.2. The Kier molecular flexibility index (Phi) is 4.49. The summed E-state index contributed by atoms with van der Waals surface area (Å²) in [6.07, 6.45) is -3.51. The number of nitrogens with zero attached hydrogens (tertiary/aromatic N) is 1. The number of alkyl halides is 3. The van der Waals surface area contributed by atoms with Crippen molar-refractivity contribution in [3.63, 3.8) is 0 Å². The Hall–Kier alpha value is -2.46. The van der Waals surface area contributed by atoms with Gasteiger partial charge < -0.3 is 0 Å². The third kappa shape index (κ3) is 3.70. The molecule has 26 heavy (non-hydrogen) atoms. The van der Waals surface area contributed by atoms with Gasteiger partial charge >= 0.3 is 6.18 Å². The maximum absolute atomic E-state index is 12.8. The van der Waals surface area contributed by atoms with Crippen LogP contribution in [-0.4, -0.2) is 25.6 Å². The van der Waals surface area contributed by atoms with E-state index in [1.54, 1.807) is 0 Å². The minimum absolute atomic E-state index is 0.0646. The Labute approximate surface area is 150 Å². The van der Waals surface area contributed by atoms with Gasteiger partial charge in [-0.25, -0.2) is 13.4 Å². The van der Waals surface area contributed by atoms with Crippen molar-refractivity contribution in [2.75, 3.05) is 11.6 Å². The Morgan fingerprint density at radius 2 is 1.85 bits per heavy atom. The fourth-order valence-corrected chi connectivity index (χ4v) is 4.03. The normalized spacial score (nSPS) is 12.3. The summed E-state index contributed by atoms with van der Waals surface area (Å²) in [7, 11) is -3.62. The lowest BCUT2D eigenvalue weighted by Crippen LogP contribution is -2.15. The molecule has 136 valence electrons. The van der Waals surface area contributed by atoms with E-state index in [-0.39, 0.29) is 21.1 Å². The van der Waals surface area contributed by atoms with E-state index in [2.05, 4.69) is 10.3 Å². The van der Waals surface area contributed by atoms with Crippen LogP contribution in [0.3, 0.4) is 0 Å². The van der Waals surface area contributed by atoms with Gasteiger partial charge in [-0.05, 0) is 30.3 Å². The maximum Gasteiger partial charge on any atom is 0.416 e. The van der Waals surface area contributed by atoms with Crippen molar-refractivity contribution in [1.29, 1.82) is 0 Å². The van der Waals surface area contributed by atoms with Gasteiger partial charge in [0.2, 0.25) is 0 Å². The van der Waals surface area contributed by atoms with Gasteiger partial charge in [0.15, 0.2) is 15.0 Å². The molecule has 1 aromatic heterocycles. The number of carbonyl (C=O) groups is 1. The van der Waals surface area contributed by atoms with E-state index in [4.69, 9.17) is 0 Å². The van der Waals surface area contributed by atoms with E-state index < -0.39 is 27.5 Å². The number of aromatic nitrogens is 1. The van der Waals surface area contributed by atoms with Crippen LogP contribution in [0.15, 0.2) is 47.4 Å².